The van der Waals surface area contributed by atoms with Crippen LogP contribution < -0.4 is 0 Å². The minimum absolute atomic E-state index is 0.252. The molecule has 0 bridgehead atoms. The fourth-order valence-electron chi connectivity index (χ4n) is 2.09. The van der Waals surface area contributed by atoms with Crippen LogP contribution in [0.3, 0.4) is 0 Å². The normalized spacial score (nSPS) is 16.2. The van der Waals surface area contributed by atoms with Crippen LogP contribution in [-0.4, -0.2) is 5.97 Å². The molecule has 0 radical (unpaired) electrons. The molecular weight excluding hydrogens is 224 g/mol. The highest BCUT2D eigenvalue weighted by Crippen LogP contribution is 2.28. The Morgan fingerprint density at radius 2 is 1.67 bits per heavy atom. The third-order valence-corrected chi connectivity index (χ3v) is 3.00. The first-order chi connectivity index (χ1) is 8.84. The molecule has 0 atom stereocenters. The molecule has 0 N–H and O–H groups in total. The molecule has 18 heavy (non-hydrogen) atoms. The van der Waals surface area contributed by atoms with Crippen molar-refractivity contribution in [1.29, 1.82) is 0 Å². The molecule has 88 valence electrons. The monoisotopic (exact) mass is 236 g/mol. The Balaban J connectivity index is 2.11. The SMILES string of the molecule is O=C1OCc2ccccc2/C1=C/c1ccccc1. The number of esters is 1. The maximum absolute atomic E-state index is 11.9. The van der Waals surface area contributed by atoms with Gasteiger partial charge in [-0.1, -0.05) is 54.6 Å². The van der Waals surface area contributed by atoms with E-state index in [4.69, 9.17) is 4.74 Å². The summed E-state index contributed by atoms with van der Waals surface area (Å²) in [6.45, 7) is 0.362. The van der Waals surface area contributed by atoms with Gasteiger partial charge in [-0.3, -0.25) is 0 Å². The molecule has 0 aliphatic carbocycles. The van der Waals surface area contributed by atoms with Gasteiger partial charge in [-0.05, 0) is 22.8 Å². The van der Waals surface area contributed by atoms with Gasteiger partial charge < -0.3 is 4.74 Å². The Bertz CT molecular complexity index is 612. The molecular formula is C16H12O2. The van der Waals surface area contributed by atoms with Crippen molar-refractivity contribution in [2.45, 2.75) is 6.61 Å². The Labute approximate surface area is 106 Å². The Morgan fingerprint density at radius 3 is 2.50 bits per heavy atom. The van der Waals surface area contributed by atoms with Crippen LogP contribution in [0.25, 0.3) is 11.6 Å². The number of fused-ring (bicyclic) bond motifs is 1. The molecule has 0 fully saturated rings. The lowest BCUT2D eigenvalue weighted by molar-refractivity contribution is -0.138. The van der Waals surface area contributed by atoms with Crippen LogP contribution in [0.5, 0.6) is 0 Å². The summed E-state index contributed by atoms with van der Waals surface area (Å²) < 4.78 is 5.18. The van der Waals surface area contributed by atoms with E-state index in [1.54, 1.807) is 0 Å². The topological polar surface area (TPSA) is 26.3 Å². The number of hydrogen-bond donors (Lipinski definition) is 0. The lowest BCUT2D eigenvalue weighted by Gasteiger charge is -2.18. The second-order valence-electron chi connectivity index (χ2n) is 4.20. The third kappa shape index (κ3) is 1.93. The van der Waals surface area contributed by atoms with Crippen molar-refractivity contribution in [2.75, 3.05) is 0 Å². The van der Waals surface area contributed by atoms with Crippen LogP contribution in [0.4, 0.5) is 0 Å². The minimum Gasteiger partial charge on any atom is -0.457 e. The van der Waals surface area contributed by atoms with Gasteiger partial charge in [0.2, 0.25) is 0 Å². The zero-order valence-electron chi connectivity index (χ0n) is 9.80. The number of hydrogen-bond acceptors (Lipinski definition) is 2. The fraction of sp³-hybridized carbons (Fsp3) is 0.0625. The van der Waals surface area contributed by atoms with E-state index >= 15 is 0 Å². The average Bonchev–Trinajstić information content (AvgIpc) is 2.43. The molecule has 0 amide bonds. The summed E-state index contributed by atoms with van der Waals surface area (Å²) in [5.41, 5.74) is 3.65. The largest absolute Gasteiger partial charge is 0.457 e. The predicted octanol–water partition coefficient (Wildman–Crippen LogP) is 3.28. The number of carbonyl (C=O) groups is 1. The lowest BCUT2D eigenvalue weighted by Crippen LogP contribution is -2.15. The highest BCUT2D eigenvalue weighted by atomic mass is 16.5. The summed E-state index contributed by atoms with van der Waals surface area (Å²) in [7, 11) is 0. The molecule has 3 rings (SSSR count). The van der Waals surface area contributed by atoms with Gasteiger partial charge >= 0.3 is 5.97 Å². The number of cyclic esters (lactones) is 1. The van der Waals surface area contributed by atoms with Crippen molar-refractivity contribution >= 4 is 17.6 Å². The van der Waals surface area contributed by atoms with Crippen LogP contribution in [-0.2, 0) is 16.1 Å². The van der Waals surface area contributed by atoms with E-state index in [9.17, 15) is 4.79 Å². The van der Waals surface area contributed by atoms with Crippen LogP contribution in [0.2, 0.25) is 0 Å². The van der Waals surface area contributed by atoms with Crippen molar-refractivity contribution < 1.29 is 9.53 Å². The van der Waals surface area contributed by atoms with E-state index in [0.717, 1.165) is 16.7 Å². The Kier molecular flexibility index (Phi) is 2.69. The molecule has 2 heteroatoms. The summed E-state index contributed by atoms with van der Waals surface area (Å²) in [5, 5.41) is 0. The molecule has 0 spiro atoms. The van der Waals surface area contributed by atoms with Crippen molar-refractivity contribution in [3.05, 3.63) is 71.3 Å². The van der Waals surface area contributed by atoms with Crippen molar-refractivity contribution in [3.63, 3.8) is 0 Å². The second-order valence-corrected chi connectivity index (χ2v) is 4.20. The Hall–Kier alpha value is -2.35. The zero-order chi connectivity index (χ0) is 12.4. The van der Waals surface area contributed by atoms with Gasteiger partial charge in [-0.25, -0.2) is 4.79 Å². The molecule has 0 saturated carbocycles. The Morgan fingerprint density at radius 1 is 0.944 bits per heavy atom. The highest BCUT2D eigenvalue weighted by Gasteiger charge is 2.22. The van der Waals surface area contributed by atoms with Crippen LogP contribution in [0.1, 0.15) is 16.7 Å². The summed E-state index contributed by atoms with van der Waals surface area (Å²) in [6.07, 6.45) is 1.88. The lowest BCUT2D eigenvalue weighted by atomic mass is 9.96. The minimum atomic E-state index is -0.252. The van der Waals surface area contributed by atoms with Crippen LogP contribution in [0.15, 0.2) is 54.6 Å². The average molecular weight is 236 g/mol. The van der Waals surface area contributed by atoms with Crippen molar-refractivity contribution in [2.24, 2.45) is 0 Å². The van der Waals surface area contributed by atoms with Crippen LogP contribution >= 0.6 is 0 Å². The number of rotatable bonds is 1. The first kappa shape index (κ1) is 10.8. The standard InChI is InChI=1S/C16H12O2/c17-16-15(10-12-6-2-1-3-7-12)14-9-5-4-8-13(14)11-18-16/h1-10H,11H2/b15-10-. The van der Waals surface area contributed by atoms with E-state index in [1.807, 2.05) is 60.7 Å². The second kappa shape index (κ2) is 4.49. The van der Waals surface area contributed by atoms with Gasteiger partial charge in [0, 0.05) is 0 Å². The maximum Gasteiger partial charge on any atom is 0.339 e. The van der Waals surface area contributed by atoms with Crippen molar-refractivity contribution in [3.8, 4) is 0 Å². The molecule has 2 aromatic carbocycles. The maximum atomic E-state index is 11.9. The molecule has 0 saturated heterocycles. The highest BCUT2D eigenvalue weighted by molar-refractivity contribution is 6.22. The molecule has 0 aromatic heterocycles. The molecule has 0 unspecified atom stereocenters. The van der Waals surface area contributed by atoms with Gasteiger partial charge in [0.15, 0.2) is 0 Å². The van der Waals surface area contributed by atoms with Gasteiger partial charge in [0.05, 0.1) is 5.57 Å². The smallest absolute Gasteiger partial charge is 0.339 e. The molecule has 1 aliphatic rings. The first-order valence-electron chi connectivity index (χ1n) is 5.87. The quantitative estimate of drug-likeness (QED) is 0.561. The van der Waals surface area contributed by atoms with E-state index in [-0.39, 0.29) is 5.97 Å². The number of ether oxygens (including phenoxy) is 1. The summed E-state index contributed by atoms with van der Waals surface area (Å²) in [4.78, 5) is 11.9. The van der Waals surface area contributed by atoms with E-state index in [0.29, 0.717) is 12.2 Å². The zero-order valence-corrected chi connectivity index (χ0v) is 9.80. The first-order valence-corrected chi connectivity index (χ1v) is 5.87. The fourth-order valence-corrected chi connectivity index (χ4v) is 2.09. The molecule has 1 aliphatic heterocycles. The molecule has 2 nitrogen and oxygen atoms in total. The van der Waals surface area contributed by atoms with E-state index in [2.05, 4.69) is 0 Å². The van der Waals surface area contributed by atoms with Crippen molar-refractivity contribution in [1.82, 2.24) is 0 Å². The van der Waals surface area contributed by atoms with Gasteiger partial charge in [-0.15, -0.1) is 0 Å². The van der Waals surface area contributed by atoms with Crippen LogP contribution in [0, 0.1) is 0 Å². The summed E-state index contributed by atoms with van der Waals surface area (Å²) in [5.74, 6) is -0.252. The number of benzene rings is 2. The summed E-state index contributed by atoms with van der Waals surface area (Å²) in [6, 6.07) is 17.6. The molecule has 2 aromatic rings. The van der Waals surface area contributed by atoms with Gasteiger partial charge in [0.1, 0.15) is 6.61 Å². The van der Waals surface area contributed by atoms with Gasteiger partial charge in [-0.2, -0.15) is 0 Å². The van der Waals surface area contributed by atoms with E-state index in [1.165, 1.54) is 0 Å². The number of carbonyl (C=O) groups excluding carboxylic acids is 1. The molecule has 1 heterocycles. The predicted molar refractivity (Wildman–Crippen MR) is 70.6 cm³/mol. The third-order valence-electron chi connectivity index (χ3n) is 3.00. The van der Waals surface area contributed by atoms with Gasteiger partial charge in [0.25, 0.3) is 0 Å². The van der Waals surface area contributed by atoms with E-state index < -0.39 is 0 Å². The summed E-state index contributed by atoms with van der Waals surface area (Å²) >= 11 is 0.